The zero-order chi connectivity index (χ0) is 14.5. The Kier molecular flexibility index (Phi) is 5.01. The van der Waals surface area contributed by atoms with Crippen molar-refractivity contribution < 1.29 is 14.6 Å². The molecule has 1 aromatic rings. The smallest absolute Gasteiger partial charge is 0.225 e. The van der Waals surface area contributed by atoms with E-state index in [0.29, 0.717) is 6.54 Å². The highest BCUT2D eigenvalue weighted by atomic mass is 16.5. The maximum absolute atomic E-state index is 11.9. The fourth-order valence-electron chi connectivity index (χ4n) is 2.52. The van der Waals surface area contributed by atoms with Crippen molar-refractivity contribution in [1.29, 1.82) is 0 Å². The highest BCUT2D eigenvalue weighted by Gasteiger charge is 2.31. The van der Waals surface area contributed by atoms with Gasteiger partial charge in [-0.15, -0.1) is 0 Å². The van der Waals surface area contributed by atoms with Crippen molar-refractivity contribution in [2.45, 2.75) is 51.9 Å². The molecule has 2 rings (SSSR count). The number of nitrogens with one attached hydrogen (secondary N) is 1. The maximum atomic E-state index is 11.9. The summed E-state index contributed by atoms with van der Waals surface area (Å²) in [6.45, 7) is 4.46. The predicted octanol–water partition coefficient (Wildman–Crippen LogP) is 2.25. The Labute approximate surface area is 120 Å². The zero-order valence-corrected chi connectivity index (χ0v) is 12.1. The maximum Gasteiger partial charge on any atom is 0.225 e. The minimum atomic E-state index is -0.475. The SMILES string of the molecule is CC(C)Oc1ccc(CNC(=O)C2CCCC2O)cc1. The molecular formula is C16H23NO3. The molecule has 2 N–H and O–H groups in total. The molecule has 0 aliphatic heterocycles. The molecule has 1 saturated carbocycles. The molecule has 0 heterocycles. The van der Waals surface area contributed by atoms with E-state index in [1.54, 1.807) is 0 Å². The average molecular weight is 277 g/mol. The van der Waals surface area contributed by atoms with E-state index in [9.17, 15) is 9.90 Å². The Balaban J connectivity index is 1.83. The van der Waals surface area contributed by atoms with Gasteiger partial charge in [0.25, 0.3) is 0 Å². The number of hydrogen-bond donors (Lipinski definition) is 2. The highest BCUT2D eigenvalue weighted by Crippen LogP contribution is 2.25. The fourth-order valence-corrected chi connectivity index (χ4v) is 2.52. The van der Waals surface area contributed by atoms with Gasteiger partial charge >= 0.3 is 0 Å². The van der Waals surface area contributed by atoms with Crippen LogP contribution >= 0.6 is 0 Å². The van der Waals surface area contributed by atoms with Gasteiger partial charge in [-0.05, 0) is 50.8 Å². The average Bonchev–Trinajstić information content (AvgIpc) is 2.83. The van der Waals surface area contributed by atoms with Crippen molar-refractivity contribution in [3.05, 3.63) is 29.8 Å². The van der Waals surface area contributed by atoms with E-state index < -0.39 is 6.10 Å². The molecule has 0 spiro atoms. The summed E-state index contributed by atoms with van der Waals surface area (Å²) < 4.78 is 5.57. The van der Waals surface area contributed by atoms with Gasteiger partial charge in [-0.1, -0.05) is 12.1 Å². The van der Waals surface area contributed by atoms with Crippen molar-refractivity contribution >= 4 is 5.91 Å². The topological polar surface area (TPSA) is 58.6 Å². The van der Waals surface area contributed by atoms with Crippen LogP contribution in [-0.2, 0) is 11.3 Å². The molecule has 0 saturated heterocycles. The molecular weight excluding hydrogens is 254 g/mol. The summed E-state index contributed by atoms with van der Waals surface area (Å²) in [5, 5.41) is 12.6. The molecule has 1 aromatic carbocycles. The van der Waals surface area contributed by atoms with Crippen LogP contribution in [-0.4, -0.2) is 23.2 Å². The van der Waals surface area contributed by atoms with Crippen molar-refractivity contribution in [3.8, 4) is 5.75 Å². The lowest BCUT2D eigenvalue weighted by molar-refractivity contribution is -0.127. The zero-order valence-electron chi connectivity index (χ0n) is 12.1. The third-order valence-electron chi connectivity index (χ3n) is 3.58. The number of aliphatic hydroxyl groups excluding tert-OH is 1. The number of ether oxygens (including phenoxy) is 1. The molecule has 0 radical (unpaired) electrons. The molecule has 20 heavy (non-hydrogen) atoms. The summed E-state index contributed by atoms with van der Waals surface area (Å²) in [5.41, 5.74) is 1.03. The molecule has 110 valence electrons. The van der Waals surface area contributed by atoms with Gasteiger partial charge in [0, 0.05) is 6.54 Å². The number of hydrogen-bond acceptors (Lipinski definition) is 3. The lowest BCUT2D eigenvalue weighted by Gasteiger charge is -2.14. The molecule has 1 fully saturated rings. The van der Waals surface area contributed by atoms with Crippen LogP contribution in [0.25, 0.3) is 0 Å². The number of amides is 1. The quantitative estimate of drug-likeness (QED) is 0.868. The normalized spacial score (nSPS) is 22.0. The summed E-state index contributed by atoms with van der Waals surface area (Å²) in [6, 6.07) is 7.71. The van der Waals surface area contributed by atoms with Gasteiger partial charge in [0.05, 0.1) is 18.1 Å². The van der Waals surface area contributed by atoms with Crippen LogP contribution in [0.1, 0.15) is 38.7 Å². The monoisotopic (exact) mass is 277 g/mol. The molecule has 4 heteroatoms. The Morgan fingerprint density at radius 2 is 2.05 bits per heavy atom. The molecule has 1 aliphatic carbocycles. The molecule has 0 aromatic heterocycles. The first-order chi connectivity index (χ1) is 9.56. The van der Waals surface area contributed by atoms with Crippen LogP contribution in [0.4, 0.5) is 0 Å². The second-order valence-electron chi connectivity index (χ2n) is 5.63. The molecule has 2 atom stereocenters. The third-order valence-corrected chi connectivity index (χ3v) is 3.58. The number of benzene rings is 1. The van der Waals surface area contributed by atoms with Crippen molar-refractivity contribution in [3.63, 3.8) is 0 Å². The third kappa shape index (κ3) is 3.97. The summed E-state index contributed by atoms with van der Waals surface area (Å²) in [5.74, 6) is 0.553. The number of carbonyl (C=O) groups excluding carboxylic acids is 1. The van der Waals surface area contributed by atoms with Gasteiger partial charge < -0.3 is 15.2 Å². The Morgan fingerprint density at radius 3 is 2.60 bits per heavy atom. The van der Waals surface area contributed by atoms with Crippen molar-refractivity contribution in [1.82, 2.24) is 5.32 Å². The minimum Gasteiger partial charge on any atom is -0.491 e. The van der Waals surface area contributed by atoms with E-state index in [1.165, 1.54) is 0 Å². The number of carbonyl (C=O) groups is 1. The number of rotatable bonds is 5. The van der Waals surface area contributed by atoms with Crippen LogP contribution in [0.2, 0.25) is 0 Å². The first kappa shape index (κ1) is 14.9. The second-order valence-corrected chi connectivity index (χ2v) is 5.63. The Hall–Kier alpha value is -1.55. The van der Waals surface area contributed by atoms with E-state index in [4.69, 9.17) is 4.74 Å². The van der Waals surface area contributed by atoms with Gasteiger partial charge in [0.15, 0.2) is 0 Å². The van der Waals surface area contributed by atoms with Gasteiger partial charge in [0.2, 0.25) is 5.91 Å². The summed E-state index contributed by atoms with van der Waals surface area (Å²) in [7, 11) is 0. The summed E-state index contributed by atoms with van der Waals surface area (Å²) in [4.78, 5) is 11.9. The van der Waals surface area contributed by atoms with Crippen LogP contribution in [0.15, 0.2) is 24.3 Å². The van der Waals surface area contributed by atoms with E-state index in [-0.39, 0.29) is 17.9 Å². The molecule has 2 unspecified atom stereocenters. The largest absolute Gasteiger partial charge is 0.491 e. The Morgan fingerprint density at radius 1 is 1.35 bits per heavy atom. The molecule has 4 nitrogen and oxygen atoms in total. The first-order valence-corrected chi connectivity index (χ1v) is 7.27. The molecule has 1 aliphatic rings. The predicted molar refractivity (Wildman–Crippen MR) is 77.4 cm³/mol. The Bertz CT molecular complexity index is 442. The lowest BCUT2D eigenvalue weighted by Crippen LogP contribution is -2.34. The minimum absolute atomic E-state index is 0.0440. The van der Waals surface area contributed by atoms with Gasteiger partial charge in [-0.25, -0.2) is 0 Å². The summed E-state index contributed by atoms with van der Waals surface area (Å²) >= 11 is 0. The van der Waals surface area contributed by atoms with E-state index >= 15 is 0 Å². The highest BCUT2D eigenvalue weighted by molar-refractivity contribution is 5.79. The van der Waals surface area contributed by atoms with Crippen molar-refractivity contribution in [2.24, 2.45) is 5.92 Å². The van der Waals surface area contributed by atoms with E-state index in [1.807, 2.05) is 38.1 Å². The summed E-state index contributed by atoms with van der Waals surface area (Å²) in [6.07, 6.45) is 2.13. The van der Waals surface area contributed by atoms with Crippen LogP contribution in [0.3, 0.4) is 0 Å². The van der Waals surface area contributed by atoms with Gasteiger partial charge in [-0.3, -0.25) is 4.79 Å². The fraction of sp³-hybridized carbons (Fsp3) is 0.562. The van der Waals surface area contributed by atoms with Gasteiger partial charge in [0.1, 0.15) is 5.75 Å². The van der Waals surface area contributed by atoms with Crippen LogP contribution in [0.5, 0.6) is 5.75 Å². The van der Waals surface area contributed by atoms with Gasteiger partial charge in [-0.2, -0.15) is 0 Å². The standard InChI is InChI=1S/C16H23NO3/c1-11(2)20-13-8-6-12(7-9-13)10-17-16(19)14-4-3-5-15(14)18/h6-9,11,14-15,18H,3-5,10H2,1-2H3,(H,17,19). The van der Waals surface area contributed by atoms with E-state index in [2.05, 4.69) is 5.32 Å². The van der Waals surface area contributed by atoms with Crippen molar-refractivity contribution in [2.75, 3.05) is 0 Å². The lowest BCUT2D eigenvalue weighted by atomic mass is 10.1. The second kappa shape index (κ2) is 6.75. The van der Waals surface area contributed by atoms with Crippen LogP contribution in [0, 0.1) is 5.92 Å². The molecule has 1 amide bonds. The number of aliphatic hydroxyl groups is 1. The first-order valence-electron chi connectivity index (χ1n) is 7.27. The van der Waals surface area contributed by atoms with Crippen LogP contribution < -0.4 is 10.1 Å². The molecule has 0 bridgehead atoms. The van der Waals surface area contributed by atoms with E-state index in [0.717, 1.165) is 30.6 Å².